The Morgan fingerprint density at radius 3 is 2.24 bits per heavy atom. The lowest BCUT2D eigenvalue weighted by molar-refractivity contribution is 0.528. The van der Waals surface area contributed by atoms with Crippen LogP contribution >= 0.6 is 15.9 Å². The maximum atomic E-state index is 12.6. The number of hydrogen-bond donors (Lipinski definition) is 1. The van der Waals surface area contributed by atoms with Gasteiger partial charge >= 0.3 is 0 Å². The molecule has 1 aliphatic carbocycles. The van der Waals surface area contributed by atoms with Crippen LogP contribution in [-0.2, 0) is 10.0 Å². The van der Waals surface area contributed by atoms with Crippen molar-refractivity contribution in [3.63, 3.8) is 0 Å². The Balaban J connectivity index is 1.91. The second-order valence-corrected chi connectivity index (χ2v) is 7.81. The van der Waals surface area contributed by atoms with Crippen LogP contribution in [0.3, 0.4) is 0 Å². The molecule has 1 saturated carbocycles. The molecular weight excluding hydrogens is 350 g/mol. The van der Waals surface area contributed by atoms with E-state index >= 15 is 0 Å². The number of rotatable bonds is 5. The van der Waals surface area contributed by atoms with E-state index in [1.165, 1.54) is 0 Å². The second kappa shape index (κ2) is 5.91. The largest absolute Gasteiger partial charge is 0.242 e. The topological polar surface area (TPSA) is 46.2 Å². The molecule has 21 heavy (non-hydrogen) atoms. The minimum Gasteiger partial charge on any atom is -0.207 e. The van der Waals surface area contributed by atoms with Crippen LogP contribution in [-0.4, -0.2) is 8.42 Å². The average Bonchev–Trinajstić information content (AvgIpc) is 3.31. The highest BCUT2D eigenvalue weighted by atomic mass is 79.9. The van der Waals surface area contributed by atoms with Crippen LogP contribution in [0, 0.1) is 5.92 Å². The minimum atomic E-state index is -3.54. The molecule has 110 valence electrons. The van der Waals surface area contributed by atoms with Crippen LogP contribution in [0.4, 0.5) is 0 Å². The number of halogens is 1. The fourth-order valence-corrected chi connectivity index (χ4v) is 4.72. The van der Waals surface area contributed by atoms with Gasteiger partial charge in [0.2, 0.25) is 10.0 Å². The summed E-state index contributed by atoms with van der Waals surface area (Å²) >= 11 is 3.31. The van der Waals surface area contributed by atoms with Crippen LogP contribution in [0.1, 0.15) is 24.4 Å². The first-order valence-electron chi connectivity index (χ1n) is 6.90. The zero-order valence-electron chi connectivity index (χ0n) is 11.4. The van der Waals surface area contributed by atoms with Crippen molar-refractivity contribution in [2.45, 2.75) is 23.8 Å². The van der Waals surface area contributed by atoms with Crippen LogP contribution in [0.15, 0.2) is 64.0 Å². The lowest BCUT2D eigenvalue weighted by atomic mass is 10.0. The molecule has 2 aromatic carbocycles. The SMILES string of the molecule is O=S(=O)(NC(c1ccccc1)C1CC1)c1ccccc1Br. The Hall–Kier alpha value is -1.17. The molecule has 0 amide bonds. The van der Waals surface area contributed by atoms with E-state index in [0.717, 1.165) is 18.4 Å². The van der Waals surface area contributed by atoms with Gasteiger partial charge in [-0.2, -0.15) is 0 Å². The molecule has 5 heteroatoms. The zero-order valence-corrected chi connectivity index (χ0v) is 13.8. The summed E-state index contributed by atoms with van der Waals surface area (Å²) in [5.74, 6) is 0.393. The van der Waals surface area contributed by atoms with Gasteiger partial charge in [0.05, 0.1) is 4.90 Å². The maximum absolute atomic E-state index is 12.6. The first-order chi connectivity index (χ1) is 10.1. The predicted molar refractivity (Wildman–Crippen MR) is 86.4 cm³/mol. The van der Waals surface area contributed by atoms with Gasteiger partial charge in [0.1, 0.15) is 0 Å². The summed E-state index contributed by atoms with van der Waals surface area (Å²) in [6, 6.07) is 16.5. The first-order valence-corrected chi connectivity index (χ1v) is 9.17. The van der Waals surface area contributed by atoms with Crippen molar-refractivity contribution >= 4 is 26.0 Å². The van der Waals surface area contributed by atoms with E-state index in [1.807, 2.05) is 30.3 Å². The number of benzene rings is 2. The van der Waals surface area contributed by atoms with E-state index < -0.39 is 10.0 Å². The fraction of sp³-hybridized carbons (Fsp3) is 0.250. The van der Waals surface area contributed by atoms with Gasteiger partial charge in [-0.25, -0.2) is 13.1 Å². The second-order valence-electron chi connectivity index (χ2n) is 5.28. The van der Waals surface area contributed by atoms with Crippen LogP contribution in [0.25, 0.3) is 0 Å². The molecule has 0 aliphatic heterocycles. The molecule has 0 spiro atoms. The van der Waals surface area contributed by atoms with E-state index in [9.17, 15) is 8.42 Å². The van der Waals surface area contributed by atoms with E-state index in [0.29, 0.717) is 10.4 Å². The monoisotopic (exact) mass is 365 g/mol. The van der Waals surface area contributed by atoms with E-state index in [1.54, 1.807) is 24.3 Å². The summed E-state index contributed by atoms with van der Waals surface area (Å²) in [6.07, 6.45) is 2.14. The molecule has 2 aromatic rings. The highest BCUT2D eigenvalue weighted by Crippen LogP contribution is 2.41. The molecule has 0 radical (unpaired) electrons. The third-order valence-corrected chi connectivity index (χ3v) is 6.11. The van der Waals surface area contributed by atoms with Crippen molar-refractivity contribution in [3.05, 3.63) is 64.6 Å². The lowest BCUT2D eigenvalue weighted by Gasteiger charge is -2.19. The van der Waals surface area contributed by atoms with Gasteiger partial charge in [0.25, 0.3) is 0 Å². The van der Waals surface area contributed by atoms with Crippen molar-refractivity contribution in [2.75, 3.05) is 0 Å². The Labute approximate surface area is 133 Å². The third kappa shape index (κ3) is 3.36. The van der Waals surface area contributed by atoms with Gasteiger partial charge < -0.3 is 0 Å². The highest BCUT2D eigenvalue weighted by molar-refractivity contribution is 9.10. The van der Waals surface area contributed by atoms with Gasteiger partial charge in [0, 0.05) is 10.5 Å². The molecule has 1 aliphatic rings. The van der Waals surface area contributed by atoms with Crippen LogP contribution in [0.2, 0.25) is 0 Å². The first kappa shape index (κ1) is 14.8. The molecule has 1 fully saturated rings. The molecule has 0 aromatic heterocycles. The number of sulfonamides is 1. The normalized spacial score (nSPS) is 16.6. The van der Waals surface area contributed by atoms with E-state index in [4.69, 9.17) is 0 Å². The summed E-state index contributed by atoms with van der Waals surface area (Å²) in [5, 5.41) is 0. The van der Waals surface area contributed by atoms with Crippen molar-refractivity contribution in [1.82, 2.24) is 4.72 Å². The Morgan fingerprint density at radius 2 is 1.62 bits per heavy atom. The van der Waals surface area contributed by atoms with Crippen molar-refractivity contribution in [1.29, 1.82) is 0 Å². The molecule has 3 nitrogen and oxygen atoms in total. The van der Waals surface area contributed by atoms with Gasteiger partial charge in [-0.05, 0) is 52.4 Å². The lowest BCUT2D eigenvalue weighted by Crippen LogP contribution is -2.30. The average molecular weight is 366 g/mol. The smallest absolute Gasteiger partial charge is 0.207 e. The highest BCUT2D eigenvalue weighted by Gasteiger charge is 2.35. The van der Waals surface area contributed by atoms with Gasteiger partial charge in [0.15, 0.2) is 0 Å². The van der Waals surface area contributed by atoms with Gasteiger partial charge in [-0.3, -0.25) is 0 Å². The number of hydrogen-bond acceptors (Lipinski definition) is 2. The van der Waals surface area contributed by atoms with Crippen molar-refractivity contribution in [2.24, 2.45) is 5.92 Å². The quantitative estimate of drug-likeness (QED) is 0.873. The van der Waals surface area contributed by atoms with Crippen LogP contribution < -0.4 is 4.72 Å². The van der Waals surface area contributed by atoms with Crippen molar-refractivity contribution in [3.8, 4) is 0 Å². The number of nitrogens with one attached hydrogen (secondary N) is 1. The Bertz CT molecular complexity index is 727. The van der Waals surface area contributed by atoms with Gasteiger partial charge in [-0.1, -0.05) is 42.5 Å². The molecule has 0 saturated heterocycles. The molecule has 1 unspecified atom stereocenters. The molecule has 0 heterocycles. The molecule has 1 atom stereocenters. The van der Waals surface area contributed by atoms with E-state index in [2.05, 4.69) is 20.7 Å². The summed E-state index contributed by atoms with van der Waals surface area (Å²) in [4.78, 5) is 0.284. The standard InChI is InChI=1S/C16H16BrNO2S/c17-14-8-4-5-9-15(14)21(19,20)18-16(13-10-11-13)12-6-2-1-3-7-12/h1-9,13,16,18H,10-11H2. The van der Waals surface area contributed by atoms with Crippen molar-refractivity contribution < 1.29 is 8.42 Å². The summed E-state index contributed by atoms with van der Waals surface area (Å²) in [6.45, 7) is 0. The van der Waals surface area contributed by atoms with E-state index in [-0.39, 0.29) is 10.9 Å². The fourth-order valence-electron chi connectivity index (χ4n) is 2.42. The molecular formula is C16H16BrNO2S. The zero-order chi connectivity index (χ0) is 14.9. The van der Waals surface area contributed by atoms with Gasteiger partial charge in [-0.15, -0.1) is 0 Å². The summed E-state index contributed by atoms with van der Waals surface area (Å²) in [7, 11) is -3.54. The summed E-state index contributed by atoms with van der Waals surface area (Å²) in [5.41, 5.74) is 1.02. The summed E-state index contributed by atoms with van der Waals surface area (Å²) < 4.78 is 28.7. The predicted octanol–water partition coefficient (Wildman–Crippen LogP) is 3.88. The maximum Gasteiger partial charge on any atom is 0.242 e. The molecule has 0 bridgehead atoms. The minimum absolute atomic E-state index is 0.150. The Kier molecular flexibility index (Phi) is 4.15. The Morgan fingerprint density at radius 1 is 1.00 bits per heavy atom. The molecule has 1 N–H and O–H groups in total. The van der Waals surface area contributed by atoms with Crippen LogP contribution in [0.5, 0.6) is 0 Å². The third-order valence-electron chi connectivity index (χ3n) is 3.66. The molecule has 3 rings (SSSR count).